The van der Waals surface area contributed by atoms with Crippen molar-refractivity contribution in [3.63, 3.8) is 0 Å². The number of nitrogens with one attached hydrogen (secondary N) is 2. The van der Waals surface area contributed by atoms with Gasteiger partial charge in [-0.05, 0) is 43.7 Å². The quantitative estimate of drug-likeness (QED) is 0.729. The maximum absolute atomic E-state index is 8.86. The predicted octanol–water partition coefficient (Wildman–Crippen LogP) is 4.32. The maximum Gasteiger partial charge on any atom is 0.229 e. The third-order valence-electron chi connectivity index (χ3n) is 3.72. The Labute approximate surface area is 147 Å². The van der Waals surface area contributed by atoms with Crippen molar-refractivity contribution < 1.29 is 0 Å². The van der Waals surface area contributed by atoms with Gasteiger partial charge in [-0.2, -0.15) is 10.2 Å². The lowest BCUT2D eigenvalue weighted by molar-refractivity contribution is 1.06. The van der Waals surface area contributed by atoms with E-state index in [9.17, 15) is 0 Å². The zero-order valence-electron chi connectivity index (χ0n) is 14.2. The molecule has 5 heteroatoms. The molecule has 0 aliphatic carbocycles. The van der Waals surface area contributed by atoms with E-state index in [2.05, 4.69) is 57.9 Å². The van der Waals surface area contributed by atoms with Crippen molar-refractivity contribution in [2.45, 2.75) is 20.4 Å². The fourth-order valence-electron chi connectivity index (χ4n) is 2.37. The molecule has 3 aromatic rings. The van der Waals surface area contributed by atoms with Crippen molar-refractivity contribution in [2.75, 3.05) is 10.6 Å². The number of nitrogens with zero attached hydrogens (tertiary/aromatic N) is 3. The molecule has 0 unspecified atom stereocenters. The van der Waals surface area contributed by atoms with Gasteiger partial charge in [-0.15, -0.1) is 0 Å². The van der Waals surface area contributed by atoms with Crippen LogP contribution in [-0.4, -0.2) is 9.97 Å². The van der Waals surface area contributed by atoms with Crippen molar-refractivity contribution >= 4 is 17.5 Å². The Morgan fingerprint density at radius 1 is 0.960 bits per heavy atom. The molecule has 5 nitrogen and oxygen atoms in total. The van der Waals surface area contributed by atoms with Crippen LogP contribution >= 0.6 is 0 Å². The first-order chi connectivity index (χ1) is 12.1. The van der Waals surface area contributed by atoms with Gasteiger partial charge in [0.25, 0.3) is 0 Å². The Kier molecular flexibility index (Phi) is 4.91. The van der Waals surface area contributed by atoms with E-state index >= 15 is 0 Å². The van der Waals surface area contributed by atoms with E-state index in [0.29, 0.717) is 18.1 Å². The molecule has 1 heterocycles. The van der Waals surface area contributed by atoms with Crippen LogP contribution in [0.25, 0.3) is 0 Å². The Hall–Kier alpha value is -3.39. The van der Waals surface area contributed by atoms with Gasteiger partial charge >= 0.3 is 0 Å². The topological polar surface area (TPSA) is 73.6 Å². The van der Waals surface area contributed by atoms with Gasteiger partial charge in [-0.3, -0.25) is 0 Å². The predicted molar refractivity (Wildman–Crippen MR) is 99.7 cm³/mol. The monoisotopic (exact) mass is 329 g/mol. The minimum absolute atomic E-state index is 0.524. The van der Waals surface area contributed by atoms with Crippen molar-refractivity contribution in [1.29, 1.82) is 5.26 Å². The Balaban J connectivity index is 1.71. The summed E-state index contributed by atoms with van der Waals surface area (Å²) in [6.07, 6.45) is 0. The molecule has 0 saturated carbocycles. The zero-order valence-corrected chi connectivity index (χ0v) is 14.2. The Morgan fingerprint density at radius 3 is 2.36 bits per heavy atom. The molecule has 0 atom stereocenters. The second kappa shape index (κ2) is 7.45. The SMILES string of the molecule is Cc1ccc(CNc2cc(C)nc(Nc3ccc(C#N)cc3)n2)cc1. The Bertz CT molecular complexity index is 893. The van der Waals surface area contributed by atoms with Gasteiger partial charge in [0.2, 0.25) is 5.95 Å². The highest BCUT2D eigenvalue weighted by Gasteiger charge is 2.03. The Morgan fingerprint density at radius 2 is 1.68 bits per heavy atom. The summed E-state index contributed by atoms with van der Waals surface area (Å²) >= 11 is 0. The maximum atomic E-state index is 8.86. The van der Waals surface area contributed by atoms with Crippen molar-refractivity contribution in [1.82, 2.24) is 9.97 Å². The van der Waals surface area contributed by atoms with Crippen LogP contribution in [0.15, 0.2) is 54.6 Å². The standard InChI is InChI=1S/C20H19N5/c1-14-3-5-17(6-4-14)13-22-19-11-15(2)23-20(25-19)24-18-9-7-16(12-21)8-10-18/h3-11H,13H2,1-2H3,(H2,22,23,24,25). The molecule has 0 amide bonds. The fraction of sp³-hybridized carbons (Fsp3) is 0.150. The number of aromatic nitrogens is 2. The first-order valence-corrected chi connectivity index (χ1v) is 8.05. The lowest BCUT2D eigenvalue weighted by Gasteiger charge is -2.10. The van der Waals surface area contributed by atoms with Crippen molar-refractivity contribution in [3.8, 4) is 6.07 Å². The molecular weight excluding hydrogens is 310 g/mol. The van der Waals surface area contributed by atoms with Gasteiger partial charge in [0.15, 0.2) is 0 Å². The van der Waals surface area contributed by atoms with Crippen LogP contribution in [0.3, 0.4) is 0 Å². The van der Waals surface area contributed by atoms with Crippen LogP contribution in [0, 0.1) is 25.2 Å². The molecule has 0 aliphatic heterocycles. The van der Waals surface area contributed by atoms with Gasteiger partial charge in [0.05, 0.1) is 11.6 Å². The van der Waals surface area contributed by atoms with Gasteiger partial charge in [0.1, 0.15) is 5.82 Å². The lowest BCUT2D eigenvalue weighted by atomic mass is 10.1. The van der Waals surface area contributed by atoms with E-state index in [1.165, 1.54) is 11.1 Å². The third kappa shape index (κ3) is 4.55. The first-order valence-electron chi connectivity index (χ1n) is 8.05. The van der Waals surface area contributed by atoms with E-state index in [-0.39, 0.29) is 0 Å². The number of hydrogen-bond donors (Lipinski definition) is 2. The third-order valence-corrected chi connectivity index (χ3v) is 3.72. The molecule has 0 spiro atoms. The zero-order chi connectivity index (χ0) is 17.6. The summed E-state index contributed by atoms with van der Waals surface area (Å²) in [5.74, 6) is 1.29. The number of rotatable bonds is 5. The van der Waals surface area contributed by atoms with Crippen molar-refractivity contribution in [3.05, 3.63) is 77.0 Å². The molecule has 0 aliphatic rings. The summed E-state index contributed by atoms with van der Waals surface area (Å²) in [6, 6.07) is 19.6. The molecule has 0 fully saturated rings. The van der Waals surface area contributed by atoms with Crippen LogP contribution in [0.5, 0.6) is 0 Å². The van der Waals surface area contributed by atoms with E-state index in [1.807, 2.05) is 25.1 Å². The van der Waals surface area contributed by atoms with Crippen LogP contribution in [0.4, 0.5) is 17.5 Å². The summed E-state index contributed by atoms with van der Waals surface area (Å²) in [4.78, 5) is 8.92. The summed E-state index contributed by atoms with van der Waals surface area (Å²) < 4.78 is 0. The number of anilines is 3. The molecule has 124 valence electrons. The largest absolute Gasteiger partial charge is 0.366 e. The highest BCUT2D eigenvalue weighted by molar-refractivity contribution is 5.56. The molecular formula is C20H19N5. The highest BCUT2D eigenvalue weighted by Crippen LogP contribution is 2.17. The van der Waals surface area contributed by atoms with Crippen LogP contribution < -0.4 is 10.6 Å². The summed E-state index contributed by atoms with van der Waals surface area (Å²) in [7, 11) is 0. The van der Waals surface area contributed by atoms with Gasteiger partial charge in [-0.1, -0.05) is 29.8 Å². The molecule has 3 rings (SSSR count). The summed E-state index contributed by atoms with van der Waals surface area (Å²) in [6.45, 7) is 4.71. The number of nitriles is 1. The number of hydrogen-bond acceptors (Lipinski definition) is 5. The second-order valence-electron chi connectivity index (χ2n) is 5.87. The molecule has 2 aromatic carbocycles. The molecule has 2 N–H and O–H groups in total. The molecule has 0 bridgehead atoms. The second-order valence-corrected chi connectivity index (χ2v) is 5.87. The van der Waals surface area contributed by atoms with Gasteiger partial charge in [-0.25, -0.2) is 4.98 Å². The van der Waals surface area contributed by atoms with Gasteiger partial charge < -0.3 is 10.6 Å². The molecule has 0 saturated heterocycles. The minimum atomic E-state index is 0.524. The van der Waals surface area contributed by atoms with Crippen LogP contribution in [-0.2, 0) is 6.54 Å². The normalized spacial score (nSPS) is 10.1. The fourth-order valence-corrected chi connectivity index (χ4v) is 2.37. The number of benzene rings is 2. The highest BCUT2D eigenvalue weighted by atomic mass is 15.1. The van der Waals surface area contributed by atoms with Crippen molar-refractivity contribution in [2.24, 2.45) is 0 Å². The molecule has 25 heavy (non-hydrogen) atoms. The smallest absolute Gasteiger partial charge is 0.229 e. The summed E-state index contributed by atoms with van der Waals surface area (Å²) in [5.41, 5.74) is 4.78. The van der Waals surface area contributed by atoms with E-state index in [4.69, 9.17) is 5.26 Å². The van der Waals surface area contributed by atoms with E-state index in [1.54, 1.807) is 12.1 Å². The van der Waals surface area contributed by atoms with E-state index < -0.39 is 0 Å². The first kappa shape index (κ1) is 16.5. The molecule has 1 aromatic heterocycles. The van der Waals surface area contributed by atoms with Crippen LogP contribution in [0.1, 0.15) is 22.4 Å². The minimum Gasteiger partial charge on any atom is -0.366 e. The molecule has 0 radical (unpaired) electrons. The number of aryl methyl sites for hydroxylation is 2. The van der Waals surface area contributed by atoms with Gasteiger partial charge in [0, 0.05) is 24.0 Å². The summed E-state index contributed by atoms with van der Waals surface area (Å²) in [5, 5.41) is 15.4. The average Bonchev–Trinajstić information content (AvgIpc) is 2.61. The van der Waals surface area contributed by atoms with Crippen LogP contribution in [0.2, 0.25) is 0 Å². The lowest BCUT2D eigenvalue weighted by Crippen LogP contribution is -2.05. The average molecular weight is 329 g/mol. The van der Waals surface area contributed by atoms with E-state index in [0.717, 1.165) is 17.2 Å².